The number of rotatable bonds is 8. The summed E-state index contributed by atoms with van der Waals surface area (Å²) in [5, 5.41) is 9.64. The number of carboxylic acids is 1. The molecule has 3 rings (SSSR count). The van der Waals surface area contributed by atoms with E-state index in [4.69, 9.17) is 4.74 Å². The van der Waals surface area contributed by atoms with E-state index in [1.807, 2.05) is 0 Å². The highest BCUT2D eigenvalue weighted by molar-refractivity contribution is 7.92. The van der Waals surface area contributed by atoms with Crippen LogP contribution in [0, 0.1) is 5.92 Å². The topological polar surface area (TPSA) is 99.2 Å². The smallest absolute Gasteiger partial charge is 0.337 e. The van der Waals surface area contributed by atoms with E-state index in [1.54, 1.807) is 12.1 Å². The van der Waals surface area contributed by atoms with E-state index in [-0.39, 0.29) is 17.0 Å². The van der Waals surface area contributed by atoms with Crippen molar-refractivity contribution in [2.24, 2.45) is 5.92 Å². The number of carbonyl (C=O) groups is 1. The summed E-state index contributed by atoms with van der Waals surface area (Å²) in [6.07, 6.45) is 3.23. The fourth-order valence-corrected chi connectivity index (χ4v) is 4.58. The van der Waals surface area contributed by atoms with Gasteiger partial charge in [-0.2, -0.15) is 0 Å². The molecule has 2 aliphatic rings. The van der Waals surface area contributed by atoms with Gasteiger partial charge in [-0.3, -0.25) is 9.62 Å². The van der Waals surface area contributed by atoms with Gasteiger partial charge >= 0.3 is 5.97 Å². The molecule has 2 fully saturated rings. The van der Waals surface area contributed by atoms with Crippen LogP contribution in [0.25, 0.3) is 0 Å². The second-order valence-electron chi connectivity index (χ2n) is 7.72. The van der Waals surface area contributed by atoms with Crippen LogP contribution in [0.1, 0.15) is 36.5 Å². The lowest BCUT2D eigenvalue weighted by Crippen LogP contribution is -2.39. The molecule has 29 heavy (non-hydrogen) atoms. The average Bonchev–Trinajstić information content (AvgIpc) is 2.73. The molecule has 0 bridgehead atoms. The van der Waals surface area contributed by atoms with E-state index in [1.165, 1.54) is 13.0 Å². The number of benzene rings is 1. The summed E-state index contributed by atoms with van der Waals surface area (Å²) in [5.74, 6) is -0.459. The standard InChI is InChI=1S/C20H31N3O5S/c1-2-29(26,27)21-17-3-4-19(18(15-17)20(24)25)23-9-6-16(7-10-23)5-8-22-11-13-28-14-12-22/h3-4,15-16,21H,2,5-14H2,1H3,(H,24,25). The van der Waals surface area contributed by atoms with Crippen molar-refractivity contribution >= 4 is 27.4 Å². The van der Waals surface area contributed by atoms with E-state index in [0.717, 1.165) is 65.2 Å². The molecule has 0 spiro atoms. The van der Waals surface area contributed by atoms with Gasteiger partial charge in [-0.05, 0) is 56.8 Å². The van der Waals surface area contributed by atoms with Crippen molar-refractivity contribution in [3.63, 3.8) is 0 Å². The fraction of sp³-hybridized carbons (Fsp3) is 0.650. The first-order chi connectivity index (χ1) is 13.9. The first-order valence-corrected chi connectivity index (χ1v) is 12.0. The number of morpholine rings is 1. The highest BCUT2D eigenvalue weighted by atomic mass is 32.2. The normalized spacial score (nSPS) is 19.3. The lowest BCUT2D eigenvalue weighted by atomic mass is 9.92. The van der Waals surface area contributed by atoms with Crippen LogP contribution in [0.4, 0.5) is 11.4 Å². The largest absolute Gasteiger partial charge is 0.478 e. The van der Waals surface area contributed by atoms with Gasteiger partial charge in [0.05, 0.1) is 30.2 Å². The Balaban J connectivity index is 1.59. The highest BCUT2D eigenvalue weighted by Gasteiger charge is 2.24. The maximum absolute atomic E-state index is 11.8. The van der Waals surface area contributed by atoms with Gasteiger partial charge in [-0.1, -0.05) is 0 Å². The van der Waals surface area contributed by atoms with Crippen LogP contribution < -0.4 is 9.62 Å². The molecule has 8 nitrogen and oxygen atoms in total. The van der Waals surface area contributed by atoms with Gasteiger partial charge in [0.15, 0.2) is 0 Å². The van der Waals surface area contributed by atoms with Crippen LogP contribution in [-0.4, -0.2) is 76.1 Å². The Morgan fingerprint density at radius 2 is 1.90 bits per heavy atom. The number of sulfonamides is 1. The Labute approximate surface area is 172 Å². The third kappa shape index (κ3) is 6.07. The molecule has 0 amide bonds. The molecule has 0 radical (unpaired) electrons. The van der Waals surface area contributed by atoms with Crippen molar-refractivity contribution in [3.8, 4) is 0 Å². The highest BCUT2D eigenvalue weighted by Crippen LogP contribution is 2.30. The number of hydrogen-bond donors (Lipinski definition) is 2. The first-order valence-electron chi connectivity index (χ1n) is 10.3. The summed E-state index contributed by atoms with van der Waals surface area (Å²) < 4.78 is 31.4. The van der Waals surface area contributed by atoms with E-state index < -0.39 is 16.0 Å². The van der Waals surface area contributed by atoms with Crippen molar-refractivity contribution in [2.75, 3.05) is 61.3 Å². The number of aromatic carboxylic acids is 1. The summed E-state index contributed by atoms with van der Waals surface area (Å²) >= 11 is 0. The average molecular weight is 426 g/mol. The molecule has 2 aliphatic heterocycles. The third-order valence-electron chi connectivity index (χ3n) is 5.79. The van der Waals surface area contributed by atoms with Crippen LogP contribution in [0.2, 0.25) is 0 Å². The predicted molar refractivity (Wildman–Crippen MR) is 113 cm³/mol. The van der Waals surface area contributed by atoms with Gasteiger partial charge in [0.25, 0.3) is 0 Å². The Kier molecular flexibility index (Phi) is 7.37. The molecule has 2 saturated heterocycles. The van der Waals surface area contributed by atoms with Crippen LogP contribution in [0.5, 0.6) is 0 Å². The molecule has 1 aromatic rings. The first kappa shape index (κ1) is 21.9. The molecule has 162 valence electrons. The molecule has 0 atom stereocenters. The molecule has 2 heterocycles. The van der Waals surface area contributed by atoms with Crippen LogP contribution >= 0.6 is 0 Å². The Hall–Kier alpha value is -1.84. The van der Waals surface area contributed by atoms with Gasteiger partial charge in [-0.25, -0.2) is 13.2 Å². The number of piperidine rings is 1. The number of ether oxygens (including phenoxy) is 1. The van der Waals surface area contributed by atoms with Crippen molar-refractivity contribution in [3.05, 3.63) is 23.8 Å². The fourth-order valence-electron chi connectivity index (χ4n) is 3.95. The van der Waals surface area contributed by atoms with Crippen molar-refractivity contribution in [1.82, 2.24) is 4.90 Å². The van der Waals surface area contributed by atoms with Crippen molar-refractivity contribution in [1.29, 1.82) is 0 Å². The Morgan fingerprint density at radius 1 is 1.21 bits per heavy atom. The zero-order valence-corrected chi connectivity index (χ0v) is 17.8. The molecule has 1 aromatic carbocycles. The number of nitrogens with one attached hydrogen (secondary N) is 1. The molecule has 9 heteroatoms. The Bertz CT molecular complexity index is 800. The zero-order valence-electron chi connectivity index (χ0n) is 17.0. The minimum Gasteiger partial charge on any atom is -0.478 e. The SMILES string of the molecule is CCS(=O)(=O)Nc1ccc(N2CCC(CCN3CCOCC3)CC2)c(C(=O)O)c1. The molecule has 0 unspecified atom stereocenters. The monoisotopic (exact) mass is 425 g/mol. The molecule has 0 saturated carbocycles. The minimum atomic E-state index is -3.44. The molecule has 0 aromatic heterocycles. The number of carboxylic acid groups (broad SMARTS) is 1. The number of anilines is 2. The maximum atomic E-state index is 11.8. The minimum absolute atomic E-state index is 0.0604. The third-order valence-corrected chi connectivity index (χ3v) is 7.10. The van der Waals surface area contributed by atoms with Crippen molar-refractivity contribution < 1.29 is 23.1 Å². The number of hydrogen-bond acceptors (Lipinski definition) is 6. The molecule has 2 N–H and O–H groups in total. The second kappa shape index (κ2) is 9.77. The van der Waals surface area contributed by atoms with E-state index >= 15 is 0 Å². The summed E-state index contributed by atoms with van der Waals surface area (Å²) in [6, 6.07) is 4.76. The maximum Gasteiger partial charge on any atom is 0.337 e. The van der Waals surface area contributed by atoms with E-state index in [9.17, 15) is 18.3 Å². The van der Waals surface area contributed by atoms with E-state index in [0.29, 0.717) is 11.6 Å². The Morgan fingerprint density at radius 3 is 2.52 bits per heavy atom. The lowest BCUT2D eigenvalue weighted by molar-refractivity contribution is 0.0349. The molecule has 0 aliphatic carbocycles. The van der Waals surface area contributed by atoms with Crippen LogP contribution in [0.3, 0.4) is 0 Å². The van der Waals surface area contributed by atoms with Gasteiger partial charge in [-0.15, -0.1) is 0 Å². The summed E-state index contributed by atoms with van der Waals surface area (Å²) in [5.41, 5.74) is 1.07. The van der Waals surface area contributed by atoms with Crippen LogP contribution in [0.15, 0.2) is 18.2 Å². The molecular weight excluding hydrogens is 394 g/mol. The van der Waals surface area contributed by atoms with Gasteiger partial charge < -0.3 is 14.7 Å². The molecular formula is C20H31N3O5S. The quantitative estimate of drug-likeness (QED) is 0.658. The van der Waals surface area contributed by atoms with Gasteiger partial charge in [0.1, 0.15) is 0 Å². The summed E-state index contributed by atoms with van der Waals surface area (Å²) in [6.45, 7) is 7.92. The summed E-state index contributed by atoms with van der Waals surface area (Å²) in [4.78, 5) is 16.3. The number of nitrogens with zero attached hydrogens (tertiary/aromatic N) is 2. The lowest BCUT2D eigenvalue weighted by Gasteiger charge is -2.35. The summed E-state index contributed by atoms with van der Waals surface area (Å²) in [7, 11) is -3.44. The van der Waals surface area contributed by atoms with Gasteiger partial charge in [0, 0.05) is 31.9 Å². The van der Waals surface area contributed by atoms with Crippen LogP contribution in [-0.2, 0) is 14.8 Å². The predicted octanol–water partition coefficient (Wildman–Crippen LogP) is 2.09. The van der Waals surface area contributed by atoms with Gasteiger partial charge in [0.2, 0.25) is 10.0 Å². The zero-order chi connectivity index (χ0) is 20.9. The van der Waals surface area contributed by atoms with Crippen molar-refractivity contribution in [2.45, 2.75) is 26.2 Å². The second-order valence-corrected chi connectivity index (χ2v) is 9.73. The van der Waals surface area contributed by atoms with E-state index in [2.05, 4.69) is 14.5 Å².